The summed E-state index contributed by atoms with van der Waals surface area (Å²) in [5.74, 6) is -1.23. The summed E-state index contributed by atoms with van der Waals surface area (Å²) in [5, 5.41) is 9.02. The lowest BCUT2D eigenvalue weighted by Crippen LogP contribution is -2.04. The van der Waals surface area contributed by atoms with Crippen LogP contribution in [0.4, 0.5) is 0 Å². The van der Waals surface area contributed by atoms with Crippen LogP contribution in [0.2, 0.25) is 0 Å². The Morgan fingerprint density at radius 3 is 2.39 bits per heavy atom. The van der Waals surface area contributed by atoms with Crippen molar-refractivity contribution < 1.29 is 19.4 Å². The molecule has 3 aromatic rings. The van der Waals surface area contributed by atoms with E-state index in [4.69, 9.17) is 9.84 Å². The molecule has 6 nitrogen and oxygen atoms in total. The summed E-state index contributed by atoms with van der Waals surface area (Å²) in [6.45, 7) is 2.88. The van der Waals surface area contributed by atoms with Gasteiger partial charge in [0.1, 0.15) is 0 Å². The van der Waals surface area contributed by atoms with Crippen molar-refractivity contribution in [3.05, 3.63) is 95.1 Å². The summed E-state index contributed by atoms with van der Waals surface area (Å²) >= 11 is 0. The first-order valence-corrected chi connectivity index (χ1v) is 10.3. The molecule has 0 unspecified atom stereocenters. The molecule has 31 heavy (non-hydrogen) atoms. The predicted octanol–water partition coefficient (Wildman–Crippen LogP) is 4.86. The van der Waals surface area contributed by atoms with Gasteiger partial charge >= 0.3 is 11.9 Å². The Balaban J connectivity index is 1.67. The zero-order valence-electron chi connectivity index (χ0n) is 17.5. The van der Waals surface area contributed by atoms with E-state index in [1.54, 1.807) is 43.7 Å². The highest BCUT2D eigenvalue weighted by molar-refractivity contribution is 5.89. The molecule has 160 valence electrons. The van der Waals surface area contributed by atoms with E-state index >= 15 is 0 Å². The van der Waals surface area contributed by atoms with E-state index in [1.165, 1.54) is 5.57 Å². The van der Waals surface area contributed by atoms with Gasteiger partial charge in [0.15, 0.2) is 0 Å². The van der Waals surface area contributed by atoms with Crippen molar-refractivity contribution in [1.82, 2.24) is 9.55 Å². The van der Waals surface area contributed by atoms with E-state index in [0.29, 0.717) is 17.7 Å². The Labute approximate surface area is 181 Å². The molecule has 0 fully saturated rings. The highest BCUT2D eigenvalue weighted by atomic mass is 16.5. The molecule has 0 saturated heterocycles. The van der Waals surface area contributed by atoms with E-state index < -0.39 is 5.97 Å². The number of carbonyl (C=O) groups is 2. The van der Waals surface area contributed by atoms with Crippen LogP contribution < -0.4 is 0 Å². The highest BCUT2D eigenvalue weighted by Gasteiger charge is 2.07. The maximum Gasteiger partial charge on any atom is 0.338 e. The molecular formula is C25H26N2O4. The number of carboxylic acids is 1. The number of imidazole rings is 1. The minimum absolute atomic E-state index is 0.302. The molecule has 1 heterocycles. The fourth-order valence-electron chi connectivity index (χ4n) is 3.31. The van der Waals surface area contributed by atoms with E-state index in [9.17, 15) is 9.59 Å². The van der Waals surface area contributed by atoms with Gasteiger partial charge in [-0.25, -0.2) is 14.6 Å². The SMILES string of the molecule is CCOC(=O)c1ccc(/C=C(/CCCc2ccc(C(=O)O)cc2)Cn2ccnc2)cc1. The standard InChI is InChI=1S/C25H26N2O4/c1-2-31-25(30)23-12-8-20(9-13-23)16-21(17-27-15-14-26-18-27)5-3-4-19-6-10-22(11-7-19)24(28)29/h6-16,18H,2-5,17H2,1H3,(H,28,29)/b21-16-. The van der Waals surface area contributed by atoms with Crippen LogP contribution in [-0.2, 0) is 17.7 Å². The van der Waals surface area contributed by atoms with Gasteiger partial charge < -0.3 is 14.4 Å². The van der Waals surface area contributed by atoms with Gasteiger partial charge in [0.2, 0.25) is 0 Å². The number of aryl methyl sites for hydroxylation is 1. The van der Waals surface area contributed by atoms with Gasteiger partial charge in [0.05, 0.1) is 24.1 Å². The molecule has 3 rings (SSSR count). The number of aromatic nitrogens is 2. The highest BCUT2D eigenvalue weighted by Crippen LogP contribution is 2.18. The molecule has 0 radical (unpaired) electrons. The monoisotopic (exact) mass is 418 g/mol. The van der Waals surface area contributed by atoms with E-state index in [-0.39, 0.29) is 5.97 Å². The summed E-state index contributed by atoms with van der Waals surface area (Å²) in [6, 6.07) is 14.4. The number of nitrogens with zero attached hydrogens (tertiary/aromatic N) is 2. The number of benzene rings is 2. The molecule has 2 aromatic carbocycles. The molecular weight excluding hydrogens is 392 g/mol. The van der Waals surface area contributed by atoms with Gasteiger partial charge in [-0.15, -0.1) is 0 Å². The fourth-order valence-corrected chi connectivity index (χ4v) is 3.31. The lowest BCUT2D eigenvalue weighted by Gasteiger charge is -2.10. The van der Waals surface area contributed by atoms with Crippen LogP contribution in [0.3, 0.4) is 0 Å². The van der Waals surface area contributed by atoms with Crippen molar-refractivity contribution in [2.75, 3.05) is 6.61 Å². The Bertz CT molecular complexity index is 1020. The molecule has 6 heteroatoms. The molecule has 0 amide bonds. The molecule has 0 bridgehead atoms. The van der Waals surface area contributed by atoms with Crippen LogP contribution in [0.1, 0.15) is 51.6 Å². The third-order valence-electron chi connectivity index (χ3n) is 4.90. The Morgan fingerprint density at radius 2 is 1.77 bits per heavy atom. The molecule has 0 saturated carbocycles. The van der Waals surface area contributed by atoms with Gasteiger partial charge in [0, 0.05) is 18.9 Å². The van der Waals surface area contributed by atoms with Crippen molar-refractivity contribution in [2.24, 2.45) is 0 Å². The first kappa shape index (κ1) is 22.0. The maximum atomic E-state index is 11.8. The topological polar surface area (TPSA) is 81.4 Å². The Hall–Kier alpha value is -3.67. The van der Waals surface area contributed by atoms with Gasteiger partial charge in [-0.3, -0.25) is 0 Å². The number of rotatable bonds is 10. The second-order valence-electron chi connectivity index (χ2n) is 7.24. The predicted molar refractivity (Wildman–Crippen MR) is 119 cm³/mol. The lowest BCUT2D eigenvalue weighted by molar-refractivity contribution is 0.0526. The summed E-state index contributed by atoms with van der Waals surface area (Å²) in [6.07, 6.45) is 10.3. The fraction of sp³-hybridized carbons (Fsp3) is 0.240. The first-order chi connectivity index (χ1) is 15.0. The van der Waals surface area contributed by atoms with Gasteiger partial charge in [0.25, 0.3) is 0 Å². The van der Waals surface area contributed by atoms with Gasteiger partial charge in [-0.05, 0) is 67.2 Å². The largest absolute Gasteiger partial charge is 0.478 e. The van der Waals surface area contributed by atoms with Crippen LogP contribution in [0.5, 0.6) is 0 Å². The average Bonchev–Trinajstić information content (AvgIpc) is 3.28. The van der Waals surface area contributed by atoms with Crippen LogP contribution in [0, 0.1) is 0 Å². The van der Waals surface area contributed by atoms with Crippen LogP contribution in [0.25, 0.3) is 6.08 Å². The third-order valence-corrected chi connectivity index (χ3v) is 4.90. The van der Waals surface area contributed by atoms with Crippen molar-refractivity contribution in [3.8, 4) is 0 Å². The Morgan fingerprint density at radius 1 is 1.06 bits per heavy atom. The summed E-state index contributed by atoms with van der Waals surface area (Å²) in [5.41, 5.74) is 4.22. The molecule has 0 aliphatic heterocycles. The van der Waals surface area contributed by atoms with Gasteiger partial charge in [-0.2, -0.15) is 0 Å². The number of carbonyl (C=O) groups excluding carboxylic acids is 1. The van der Waals surface area contributed by atoms with E-state index in [0.717, 1.165) is 36.9 Å². The normalized spacial score (nSPS) is 11.3. The smallest absolute Gasteiger partial charge is 0.338 e. The third kappa shape index (κ3) is 6.67. The van der Waals surface area contributed by atoms with Crippen molar-refractivity contribution >= 4 is 18.0 Å². The summed E-state index contributed by atoms with van der Waals surface area (Å²) in [7, 11) is 0. The van der Waals surface area contributed by atoms with Crippen LogP contribution >= 0.6 is 0 Å². The van der Waals surface area contributed by atoms with E-state index in [2.05, 4.69) is 11.1 Å². The van der Waals surface area contributed by atoms with Crippen molar-refractivity contribution in [3.63, 3.8) is 0 Å². The molecule has 0 aliphatic carbocycles. The minimum atomic E-state index is -0.911. The second kappa shape index (κ2) is 10.9. The number of hydrogen-bond donors (Lipinski definition) is 1. The van der Waals surface area contributed by atoms with E-state index in [1.807, 2.05) is 35.0 Å². The second-order valence-corrected chi connectivity index (χ2v) is 7.24. The van der Waals surface area contributed by atoms with Crippen LogP contribution in [-0.4, -0.2) is 33.2 Å². The van der Waals surface area contributed by atoms with Gasteiger partial charge in [-0.1, -0.05) is 30.3 Å². The van der Waals surface area contributed by atoms with Crippen molar-refractivity contribution in [1.29, 1.82) is 0 Å². The average molecular weight is 418 g/mol. The number of allylic oxidation sites excluding steroid dienone is 1. The molecule has 0 spiro atoms. The molecule has 0 atom stereocenters. The maximum absolute atomic E-state index is 11.8. The number of ether oxygens (including phenoxy) is 1. The van der Waals surface area contributed by atoms with Crippen LogP contribution in [0.15, 0.2) is 72.8 Å². The number of esters is 1. The zero-order chi connectivity index (χ0) is 22.1. The minimum Gasteiger partial charge on any atom is -0.478 e. The number of hydrogen-bond acceptors (Lipinski definition) is 4. The number of aromatic carboxylic acids is 1. The zero-order valence-corrected chi connectivity index (χ0v) is 17.5. The first-order valence-electron chi connectivity index (χ1n) is 10.3. The lowest BCUT2D eigenvalue weighted by atomic mass is 10.0. The Kier molecular flexibility index (Phi) is 7.76. The summed E-state index contributed by atoms with van der Waals surface area (Å²) < 4.78 is 7.07. The quantitative estimate of drug-likeness (QED) is 0.475. The molecule has 1 aromatic heterocycles. The van der Waals surface area contributed by atoms with Crippen molar-refractivity contribution in [2.45, 2.75) is 32.7 Å². The summed E-state index contributed by atoms with van der Waals surface area (Å²) in [4.78, 5) is 27.0. The number of carboxylic acid groups (broad SMARTS) is 1. The molecule has 1 N–H and O–H groups in total. The molecule has 0 aliphatic rings.